The number of carbonyl (C=O) groups excluding carboxylic acids is 2. The van der Waals surface area contributed by atoms with E-state index in [0.717, 1.165) is 5.01 Å². The summed E-state index contributed by atoms with van der Waals surface area (Å²) in [7, 11) is 0. The summed E-state index contributed by atoms with van der Waals surface area (Å²) >= 11 is 0. The topological polar surface area (TPSA) is 92.9 Å². The van der Waals surface area contributed by atoms with Gasteiger partial charge >= 0.3 is 0 Å². The van der Waals surface area contributed by atoms with Crippen LogP contribution in [0.2, 0.25) is 0 Å². The van der Waals surface area contributed by atoms with Crippen molar-refractivity contribution >= 4 is 23.7 Å². The molecule has 120 valence electrons. The third-order valence-corrected chi connectivity index (χ3v) is 3.78. The van der Waals surface area contributed by atoms with Crippen LogP contribution < -0.4 is 0 Å². The van der Waals surface area contributed by atoms with Gasteiger partial charge < -0.3 is 0 Å². The van der Waals surface area contributed by atoms with E-state index in [0.29, 0.717) is 28.7 Å². The molecule has 2 amide bonds. The van der Waals surface area contributed by atoms with Gasteiger partial charge in [0, 0.05) is 17.2 Å². The molecule has 0 fully saturated rings. The molecule has 0 radical (unpaired) electrons. The third-order valence-electron chi connectivity index (χ3n) is 3.78. The van der Waals surface area contributed by atoms with Gasteiger partial charge in [0.15, 0.2) is 0 Å². The average Bonchev–Trinajstić information content (AvgIpc) is 2.84. The van der Waals surface area contributed by atoms with Gasteiger partial charge in [-0.1, -0.05) is 31.2 Å². The molecule has 0 aromatic heterocycles. The molecule has 0 N–H and O–H groups in total. The Kier molecular flexibility index (Phi) is 3.91. The van der Waals surface area contributed by atoms with Crippen LogP contribution in [-0.2, 0) is 6.42 Å². The first-order valence-corrected chi connectivity index (χ1v) is 7.32. The first-order valence-electron chi connectivity index (χ1n) is 7.32. The maximum atomic E-state index is 12.2. The number of benzene rings is 2. The molecule has 1 aliphatic rings. The van der Waals surface area contributed by atoms with E-state index in [4.69, 9.17) is 0 Å². The first kappa shape index (κ1) is 15.5. The van der Waals surface area contributed by atoms with Gasteiger partial charge in [0.05, 0.1) is 22.3 Å². The predicted molar refractivity (Wildman–Crippen MR) is 87.0 cm³/mol. The lowest BCUT2D eigenvalue weighted by atomic mass is 10.1. The second-order valence-corrected chi connectivity index (χ2v) is 5.21. The summed E-state index contributed by atoms with van der Waals surface area (Å²) in [6.45, 7) is 1.83. The monoisotopic (exact) mass is 323 g/mol. The van der Waals surface area contributed by atoms with Crippen molar-refractivity contribution in [2.45, 2.75) is 13.3 Å². The number of aryl methyl sites for hydroxylation is 1. The van der Waals surface area contributed by atoms with Crippen LogP contribution >= 0.6 is 0 Å². The number of rotatable bonds is 4. The number of nitrogens with zero attached hydrogens (tertiary/aromatic N) is 3. The second kappa shape index (κ2) is 6.04. The molecule has 1 heterocycles. The van der Waals surface area contributed by atoms with E-state index in [9.17, 15) is 19.7 Å². The number of hydrazone groups is 1. The van der Waals surface area contributed by atoms with Gasteiger partial charge in [-0.2, -0.15) is 10.1 Å². The van der Waals surface area contributed by atoms with Crippen LogP contribution in [0.3, 0.4) is 0 Å². The molecular formula is C17H13N3O4. The number of hydrogen-bond acceptors (Lipinski definition) is 5. The van der Waals surface area contributed by atoms with Crippen molar-refractivity contribution in [1.82, 2.24) is 5.01 Å². The minimum Gasteiger partial charge on any atom is -0.267 e. The van der Waals surface area contributed by atoms with Gasteiger partial charge in [0.1, 0.15) is 0 Å². The van der Waals surface area contributed by atoms with Crippen LogP contribution in [0.4, 0.5) is 5.69 Å². The summed E-state index contributed by atoms with van der Waals surface area (Å²) < 4.78 is 0. The molecule has 24 heavy (non-hydrogen) atoms. The zero-order valence-electron chi connectivity index (χ0n) is 12.8. The first-order chi connectivity index (χ1) is 11.5. The Hall–Kier alpha value is -3.35. The van der Waals surface area contributed by atoms with Crippen LogP contribution in [0.15, 0.2) is 47.6 Å². The molecule has 2 aromatic carbocycles. The molecule has 3 rings (SSSR count). The zero-order chi connectivity index (χ0) is 17.3. The van der Waals surface area contributed by atoms with Gasteiger partial charge in [-0.05, 0) is 18.6 Å². The molecule has 0 atom stereocenters. The Morgan fingerprint density at radius 2 is 1.75 bits per heavy atom. The molecule has 0 saturated heterocycles. The van der Waals surface area contributed by atoms with E-state index in [2.05, 4.69) is 5.10 Å². The number of nitro benzene ring substituents is 1. The highest BCUT2D eigenvalue weighted by atomic mass is 16.6. The number of nitro groups is 1. The second-order valence-electron chi connectivity index (χ2n) is 5.21. The Labute approximate surface area is 137 Å². The molecule has 0 spiro atoms. The van der Waals surface area contributed by atoms with Gasteiger partial charge in [-0.15, -0.1) is 0 Å². The van der Waals surface area contributed by atoms with Crippen molar-refractivity contribution in [3.05, 3.63) is 74.8 Å². The number of carbonyl (C=O) groups is 2. The standard InChI is InChI=1S/C17H13N3O4/c1-2-12-8-7-11(9-15(12)20(23)24)10-18-19-16(21)13-5-3-4-6-14(13)17(19)22/h3-10H,2H2,1H3/b18-10-. The number of imide groups is 1. The van der Waals surface area contributed by atoms with Crippen LogP contribution in [0, 0.1) is 10.1 Å². The quantitative estimate of drug-likeness (QED) is 0.374. The van der Waals surface area contributed by atoms with Crippen LogP contribution in [-0.4, -0.2) is 28.0 Å². The summed E-state index contributed by atoms with van der Waals surface area (Å²) in [4.78, 5) is 35.0. The van der Waals surface area contributed by atoms with E-state index in [1.807, 2.05) is 6.92 Å². The van der Waals surface area contributed by atoms with Crippen molar-refractivity contribution in [1.29, 1.82) is 0 Å². The zero-order valence-corrected chi connectivity index (χ0v) is 12.8. The van der Waals surface area contributed by atoms with Crippen molar-refractivity contribution < 1.29 is 14.5 Å². The van der Waals surface area contributed by atoms with Crippen LogP contribution in [0.5, 0.6) is 0 Å². The van der Waals surface area contributed by atoms with E-state index in [-0.39, 0.29) is 5.69 Å². The average molecular weight is 323 g/mol. The van der Waals surface area contributed by atoms with Crippen LogP contribution in [0.1, 0.15) is 38.8 Å². The van der Waals surface area contributed by atoms with E-state index in [1.54, 1.807) is 36.4 Å². The molecule has 2 aromatic rings. The van der Waals surface area contributed by atoms with Crippen molar-refractivity contribution in [2.75, 3.05) is 0 Å². The van der Waals surface area contributed by atoms with E-state index in [1.165, 1.54) is 12.3 Å². The fraction of sp³-hybridized carbons (Fsp3) is 0.118. The minimum absolute atomic E-state index is 0.0104. The SMILES string of the molecule is CCc1ccc(/C=N\N2C(=O)c3ccccc3C2=O)cc1[N+](=O)[O-]. The lowest BCUT2D eigenvalue weighted by Gasteiger charge is -2.06. The highest BCUT2D eigenvalue weighted by molar-refractivity contribution is 6.21. The lowest BCUT2D eigenvalue weighted by Crippen LogP contribution is -2.24. The van der Waals surface area contributed by atoms with Crippen molar-refractivity contribution in [3.8, 4) is 0 Å². The molecule has 0 unspecified atom stereocenters. The molecule has 1 aliphatic heterocycles. The normalized spacial score (nSPS) is 13.6. The predicted octanol–water partition coefficient (Wildman–Crippen LogP) is 2.79. The Morgan fingerprint density at radius 3 is 2.29 bits per heavy atom. The number of hydrogen-bond donors (Lipinski definition) is 0. The summed E-state index contributed by atoms with van der Waals surface area (Å²) in [5, 5.41) is 15.8. The molecule has 0 bridgehead atoms. The summed E-state index contributed by atoms with van der Waals surface area (Å²) in [5.74, 6) is -1.02. The molecule has 0 saturated carbocycles. The molecule has 0 aliphatic carbocycles. The Morgan fingerprint density at radius 1 is 1.12 bits per heavy atom. The third kappa shape index (κ3) is 2.56. The maximum absolute atomic E-state index is 12.2. The van der Waals surface area contributed by atoms with E-state index >= 15 is 0 Å². The van der Waals surface area contributed by atoms with Crippen LogP contribution in [0.25, 0.3) is 0 Å². The maximum Gasteiger partial charge on any atom is 0.282 e. The molecular weight excluding hydrogens is 310 g/mol. The minimum atomic E-state index is -0.508. The fourth-order valence-corrected chi connectivity index (χ4v) is 2.54. The fourth-order valence-electron chi connectivity index (χ4n) is 2.54. The highest BCUT2D eigenvalue weighted by Crippen LogP contribution is 2.23. The number of amides is 2. The van der Waals surface area contributed by atoms with Gasteiger partial charge in [-0.25, -0.2) is 0 Å². The molecule has 7 nitrogen and oxygen atoms in total. The smallest absolute Gasteiger partial charge is 0.267 e. The Bertz CT molecular complexity index is 854. The lowest BCUT2D eigenvalue weighted by molar-refractivity contribution is -0.385. The van der Waals surface area contributed by atoms with Gasteiger partial charge in [0.25, 0.3) is 17.5 Å². The summed E-state index contributed by atoms with van der Waals surface area (Å²) in [6.07, 6.45) is 1.81. The Balaban J connectivity index is 1.90. The largest absolute Gasteiger partial charge is 0.282 e. The van der Waals surface area contributed by atoms with Crippen molar-refractivity contribution in [3.63, 3.8) is 0 Å². The van der Waals surface area contributed by atoms with Crippen molar-refractivity contribution in [2.24, 2.45) is 5.10 Å². The number of fused-ring (bicyclic) bond motifs is 1. The summed E-state index contributed by atoms with van der Waals surface area (Å²) in [6, 6.07) is 11.1. The summed E-state index contributed by atoms with van der Waals surface area (Å²) in [5.41, 5.74) is 1.64. The highest BCUT2D eigenvalue weighted by Gasteiger charge is 2.35. The molecule has 7 heteroatoms. The van der Waals surface area contributed by atoms with Gasteiger partial charge in [0.2, 0.25) is 0 Å². The van der Waals surface area contributed by atoms with Gasteiger partial charge in [-0.3, -0.25) is 19.7 Å². The van der Waals surface area contributed by atoms with E-state index < -0.39 is 16.7 Å².